The van der Waals surface area contributed by atoms with Crippen LogP contribution in [0.2, 0.25) is 0 Å². The topological polar surface area (TPSA) is 71.7 Å². The van der Waals surface area contributed by atoms with E-state index in [9.17, 15) is 5.11 Å². The summed E-state index contributed by atoms with van der Waals surface area (Å²) in [4.78, 5) is 10.5. The van der Waals surface area contributed by atoms with Gasteiger partial charge in [-0.2, -0.15) is 0 Å². The zero-order valence-corrected chi connectivity index (χ0v) is 11.7. The number of nitriles is 1. The molecule has 0 aromatic rings. The second-order valence-electron chi connectivity index (χ2n) is 5.13. The average molecular weight is 267 g/mol. The first kappa shape index (κ1) is 16.2. The summed E-state index contributed by atoms with van der Waals surface area (Å²) in [6.45, 7) is 3.47. The van der Waals surface area contributed by atoms with E-state index in [4.69, 9.17) is 15.0 Å². The van der Waals surface area contributed by atoms with Crippen LogP contribution in [0, 0.1) is 11.5 Å². The van der Waals surface area contributed by atoms with Gasteiger partial charge in [-0.25, -0.2) is 0 Å². The van der Waals surface area contributed by atoms with Crippen molar-refractivity contribution in [1.29, 1.82) is 5.26 Å². The van der Waals surface area contributed by atoms with Crippen LogP contribution < -0.4 is 0 Å². The molecule has 1 rings (SSSR count). The number of rotatable bonds is 7. The van der Waals surface area contributed by atoms with Crippen molar-refractivity contribution in [2.75, 3.05) is 0 Å². The van der Waals surface area contributed by atoms with Crippen molar-refractivity contribution in [3.63, 3.8) is 0 Å². The van der Waals surface area contributed by atoms with Gasteiger partial charge >= 0.3 is 114 Å². The van der Waals surface area contributed by atoms with Crippen LogP contribution in [-0.4, -0.2) is 29.6 Å². The van der Waals surface area contributed by atoms with E-state index >= 15 is 0 Å². The van der Waals surface area contributed by atoms with E-state index in [-0.39, 0.29) is 12.5 Å². The van der Waals surface area contributed by atoms with Gasteiger partial charge in [-0.3, -0.25) is 0 Å². The molecule has 0 heterocycles. The van der Waals surface area contributed by atoms with E-state index in [1.807, 2.05) is 6.92 Å². The zero-order valence-electron chi connectivity index (χ0n) is 11.7. The van der Waals surface area contributed by atoms with Gasteiger partial charge in [-0.05, 0) is 0 Å². The fraction of sp³-hybridized carbons (Fsp3) is 0.846. The fourth-order valence-electron chi connectivity index (χ4n) is 2.14. The molecule has 0 aliphatic heterocycles. The van der Waals surface area contributed by atoms with E-state index in [0.29, 0.717) is 6.42 Å². The summed E-state index contributed by atoms with van der Waals surface area (Å²) < 4.78 is 4.56. The molecule has 0 aromatic heterocycles. The van der Waals surface area contributed by atoms with Gasteiger partial charge in [0, 0.05) is 0 Å². The Bertz CT molecular complexity index is 332. The van der Waals surface area contributed by atoms with Crippen LogP contribution in [0.1, 0.15) is 58.8 Å². The van der Waals surface area contributed by atoms with Gasteiger partial charge < -0.3 is 0 Å². The van der Waals surface area contributed by atoms with Gasteiger partial charge in [0.2, 0.25) is 0 Å². The monoisotopic (exact) mass is 267 g/mol. The standard InChI is InChI=1S/C13H22BNO4/c1-3-11(14-17-10-15)9-13(2,16)19-18-12-7-5-4-6-8-12/h12,16H,3-9H2,1-2H3. The number of hydrogen-bond donors (Lipinski definition) is 1. The van der Waals surface area contributed by atoms with E-state index in [0.717, 1.165) is 31.1 Å². The predicted molar refractivity (Wildman–Crippen MR) is 72.0 cm³/mol. The number of nitrogens with zero attached hydrogens (tertiary/aromatic N) is 1. The normalized spacial score (nSPS) is 20.2. The number of hydrogen-bond acceptors (Lipinski definition) is 5. The minimum atomic E-state index is -1.40. The molecule has 19 heavy (non-hydrogen) atoms. The summed E-state index contributed by atoms with van der Waals surface area (Å²) in [5, 5.41) is 18.5. The molecule has 1 aliphatic rings. The zero-order chi connectivity index (χ0) is 14.1. The quantitative estimate of drug-likeness (QED) is 0.251. The summed E-state index contributed by atoms with van der Waals surface area (Å²) in [5.41, 5.74) is 0.791. The van der Waals surface area contributed by atoms with Gasteiger partial charge in [0.1, 0.15) is 0 Å². The molecule has 1 N–H and O–H groups in total. The van der Waals surface area contributed by atoms with Crippen molar-refractivity contribution in [2.45, 2.75) is 70.7 Å². The van der Waals surface area contributed by atoms with Crippen molar-refractivity contribution in [3.8, 4) is 6.26 Å². The Morgan fingerprint density at radius 3 is 2.68 bits per heavy atom. The van der Waals surface area contributed by atoms with Gasteiger partial charge in [0.05, 0.1) is 0 Å². The molecule has 1 saturated carbocycles. The third kappa shape index (κ3) is 6.72. The molecule has 1 fully saturated rings. The van der Waals surface area contributed by atoms with E-state index in [1.54, 1.807) is 13.2 Å². The Kier molecular flexibility index (Phi) is 7.07. The van der Waals surface area contributed by atoms with Crippen LogP contribution in [0.5, 0.6) is 0 Å². The van der Waals surface area contributed by atoms with E-state index < -0.39 is 5.79 Å². The molecule has 0 radical (unpaired) electrons. The maximum atomic E-state index is 10.1. The van der Waals surface area contributed by atoms with Crippen LogP contribution in [0.25, 0.3) is 0 Å². The van der Waals surface area contributed by atoms with Crippen molar-refractivity contribution in [1.82, 2.24) is 0 Å². The molecule has 0 bridgehead atoms. The van der Waals surface area contributed by atoms with Gasteiger partial charge in [0.25, 0.3) is 0 Å². The predicted octanol–water partition coefficient (Wildman–Crippen LogP) is 2.07. The molecular weight excluding hydrogens is 245 g/mol. The van der Waals surface area contributed by atoms with Crippen molar-refractivity contribution < 1.29 is 19.5 Å². The van der Waals surface area contributed by atoms with Crippen molar-refractivity contribution >= 4 is 12.6 Å². The molecule has 0 saturated heterocycles. The first-order valence-corrected chi connectivity index (χ1v) is 6.87. The van der Waals surface area contributed by atoms with E-state index in [2.05, 4.69) is 4.65 Å². The van der Waals surface area contributed by atoms with Crippen LogP contribution in [0.3, 0.4) is 0 Å². The minimum absolute atomic E-state index is 0.0737. The second-order valence-corrected chi connectivity index (χ2v) is 5.13. The second kappa shape index (κ2) is 8.31. The van der Waals surface area contributed by atoms with Gasteiger partial charge in [-0.15, -0.1) is 0 Å². The van der Waals surface area contributed by atoms with Crippen LogP contribution in [-0.2, 0) is 14.4 Å². The van der Waals surface area contributed by atoms with Gasteiger partial charge in [0.15, 0.2) is 0 Å². The first-order valence-electron chi connectivity index (χ1n) is 6.87. The molecule has 0 spiro atoms. The third-order valence-electron chi connectivity index (χ3n) is 3.20. The summed E-state index contributed by atoms with van der Waals surface area (Å²) in [6, 6.07) is 0. The molecule has 1 unspecified atom stereocenters. The van der Waals surface area contributed by atoms with Crippen LogP contribution >= 0.6 is 0 Å². The SMILES string of the molecule is CCC(=BOC#N)CC(C)(O)OOC1CCCCC1. The summed E-state index contributed by atoms with van der Waals surface area (Å²) in [7, 11) is 1.35. The molecule has 5 nitrogen and oxygen atoms in total. The molecule has 0 aromatic carbocycles. The first-order chi connectivity index (χ1) is 9.07. The molecule has 1 atom stereocenters. The summed E-state index contributed by atoms with van der Waals surface area (Å²) in [6.07, 6.45) is 8.05. The Morgan fingerprint density at radius 2 is 2.11 bits per heavy atom. The average Bonchev–Trinajstić information content (AvgIpc) is 2.42. The van der Waals surface area contributed by atoms with E-state index in [1.165, 1.54) is 13.5 Å². The Hall–Kier alpha value is -0.895. The maximum absolute atomic E-state index is 10.1. The summed E-state index contributed by atoms with van der Waals surface area (Å²) >= 11 is 0. The molecule has 106 valence electrons. The third-order valence-corrected chi connectivity index (χ3v) is 3.20. The Labute approximate surface area is 115 Å². The Morgan fingerprint density at radius 1 is 1.42 bits per heavy atom. The molecule has 0 amide bonds. The molecular formula is C13H22BNO4. The van der Waals surface area contributed by atoms with Gasteiger partial charge in [-0.1, -0.05) is 0 Å². The number of aliphatic hydroxyl groups is 1. The molecule has 6 heteroatoms. The van der Waals surface area contributed by atoms with Crippen molar-refractivity contribution in [3.05, 3.63) is 0 Å². The summed E-state index contributed by atoms with van der Waals surface area (Å²) in [5.74, 6) is -1.40. The van der Waals surface area contributed by atoms with Crippen molar-refractivity contribution in [2.24, 2.45) is 0 Å². The van der Waals surface area contributed by atoms with Crippen LogP contribution in [0.4, 0.5) is 0 Å². The van der Waals surface area contributed by atoms with Crippen LogP contribution in [0.15, 0.2) is 0 Å². The Balaban J connectivity index is 2.39. The molecule has 1 aliphatic carbocycles. The fourth-order valence-corrected chi connectivity index (χ4v) is 2.14.